The lowest BCUT2D eigenvalue weighted by Crippen LogP contribution is -2.31. The Labute approximate surface area is 166 Å². The van der Waals surface area contributed by atoms with Crippen LogP contribution in [0.15, 0.2) is 35.4 Å². The van der Waals surface area contributed by atoms with Gasteiger partial charge in [0.05, 0.1) is 0 Å². The van der Waals surface area contributed by atoms with E-state index in [9.17, 15) is 0 Å². The number of fused-ring (bicyclic) bond motifs is 2. The summed E-state index contributed by atoms with van der Waals surface area (Å²) in [6.45, 7) is 19.1. The van der Waals surface area contributed by atoms with Crippen molar-refractivity contribution in [3.63, 3.8) is 0 Å². The first-order chi connectivity index (χ1) is 12.6. The molecule has 0 bridgehead atoms. The van der Waals surface area contributed by atoms with Crippen LogP contribution in [0.2, 0.25) is 13.1 Å². The third-order valence-electron chi connectivity index (χ3n) is 7.00. The second-order valence-electron chi connectivity index (χ2n) is 9.40. The smallest absolute Gasteiger partial charge is 0.0686 e. The molecule has 27 heavy (non-hydrogen) atoms. The summed E-state index contributed by atoms with van der Waals surface area (Å²) in [6.07, 6.45) is 2.28. The fraction of sp³-hybridized carbons (Fsp3) is 0.385. The Morgan fingerprint density at radius 3 is 1.26 bits per heavy atom. The highest BCUT2D eigenvalue weighted by Gasteiger charge is 2.41. The normalized spacial score (nSPS) is 16.3. The molecule has 0 radical (unpaired) electrons. The summed E-state index contributed by atoms with van der Waals surface area (Å²) in [5, 5.41) is 3.42. The van der Waals surface area contributed by atoms with E-state index in [0.29, 0.717) is 0 Å². The molecule has 4 rings (SSSR count). The van der Waals surface area contributed by atoms with E-state index in [1.54, 1.807) is 43.8 Å². The van der Waals surface area contributed by atoms with Crippen LogP contribution in [-0.2, 0) is 12.8 Å². The zero-order valence-electron chi connectivity index (χ0n) is 18.2. The van der Waals surface area contributed by atoms with Crippen LogP contribution in [0.1, 0.15) is 58.4 Å². The third kappa shape index (κ3) is 2.55. The molecule has 1 heteroatoms. The molecular weight excluding hydrogens is 340 g/mol. The maximum atomic E-state index is 2.60. The fourth-order valence-electron chi connectivity index (χ4n) is 5.84. The molecule has 2 aromatic carbocycles. The van der Waals surface area contributed by atoms with Gasteiger partial charge in [-0.3, -0.25) is 0 Å². The molecule has 0 N–H and O–H groups in total. The first kappa shape index (κ1) is 18.5. The molecule has 0 saturated carbocycles. The van der Waals surface area contributed by atoms with Crippen LogP contribution in [0.5, 0.6) is 0 Å². The summed E-state index contributed by atoms with van der Waals surface area (Å²) in [6, 6.07) is 9.27. The lowest BCUT2D eigenvalue weighted by atomic mass is 9.99. The van der Waals surface area contributed by atoms with Crippen LogP contribution in [0.25, 0.3) is 10.4 Å². The van der Waals surface area contributed by atoms with E-state index in [-0.39, 0.29) is 0 Å². The average Bonchev–Trinajstić information content (AvgIpc) is 3.14. The van der Waals surface area contributed by atoms with Gasteiger partial charge in [0.25, 0.3) is 0 Å². The Hall–Kier alpha value is -1.86. The fourth-order valence-corrected chi connectivity index (χ4v) is 10.3. The predicted octanol–water partition coefficient (Wildman–Crippen LogP) is 7.07. The monoisotopic (exact) mass is 372 g/mol. The van der Waals surface area contributed by atoms with Gasteiger partial charge in [-0.25, -0.2) is 0 Å². The van der Waals surface area contributed by atoms with Crippen molar-refractivity contribution in [2.75, 3.05) is 0 Å². The number of hydrogen-bond donors (Lipinski definition) is 0. The summed E-state index contributed by atoms with van der Waals surface area (Å²) in [7, 11) is -1.82. The van der Waals surface area contributed by atoms with Crippen molar-refractivity contribution in [2.24, 2.45) is 0 Å². The highest BCUT2D eigenvalue weighted by atomic mass is 28.3. The van der Waals surface area contributed by atoms with Crippen LogP contribution < -0.4 is 0 Å². The van der Waals surface area contributed by atoms with E-state index in [1.165, 1.54) is 22.3 Å². The number of benzene rings is 2. The number of aryl methyl sites for hydroxylation is 4. The van der Waals surface area contributed by atoms with Gasteiger partial charge in [-0.1, -0.05) is 48.5 Å². The molecule has 0 amide bonds. The van der Waals surface area contributed by atoms with Crippen LogP contribution in [-0.4, -0.2) is 8.07 Å². The summed E-state index contributed by atoms with van der Waals surface area (Å²) >= 11 is 0. The van der Waals surface area contributed by atoms with Gasteiger partial charge in [0.15, 0.2) is 0 Å². The Morgan fingerprint density at radius 1 is 0.556 bits per heavy atom. The van der Waals surface area contributed by atoms with Crippen LogP contribution >= 0.6 is 0 Å². The van der Waals surface area contributed by atoms with Crippen molar-refractivity contribution in [3.8, 4) is 0 Å². The minimum Gasteiger partial charge on any atom is -0.0686 e. The van der Waals surface area contributed by atoms with Crippen LogP contribution in [0.3, 0.4) is 0 Å². The predicted molar refractivity (Wildman–Crippen MR) is 122 cm³/mol. The van der Waals surface area contributed by atoms with E-state index in [2.05, 4.69) is 78.9 Å². The van der Waals surface area contributed by atoms with Gasteiger partial charge in [0, 0.05) is 0 Å². The minimum absolute atomic E-state index is 1.14. The molecule has 0 spiro atoms. The van der Waals surface area contributed by atoms with Crippen molar-refractivity contribution in [2.45, 2.75) is 67.5 Å². The summed E-state index contributed by atoms with van der Waals surface area (Å²) < 4.78 is 0. The molecule has 2 aliphatic carbocycles. The van der Waals surface area contributed by atoms with Crippen molar-refractivity contribution < 1.29 is 0 Å². The molecule has 0 aliphatic heterocycles. The molecular formula is C26H32Si. The van der Waals surface area contributed by atoms with Crippen LogP contribution in [0.4, 0.5) is 0 Å². The van der Waals surface area contributed by atoms with Crippen molar-refractivity contribution in [1.82, 2.24) is 0 Å². The first-order valence-electron chi connectivity index (χ1n) is 10.2. The lowest BCUT2D eigenvalue weighted by Gasteiger charge is -2.31. The van der Waals surface area contributed by atoms with E-state index in [4.69, 9.17) is 0 Å². The van der Waals surface area contributed by atoms with E-state index >= 15 is 0 Å². The second-order valence-corrected chi connectivity index (χ2v) is 13.6. The second kappa shape index (κ2) is 6.07. The standard InChI is InChI=1S/C26H32Si/c1-15-9-11-17(3)23-21(15)13-19(5)25(23)27(7,8)26-20(6)14-22-16(2)10-12-18(4)24(22)26/h9-12H,13-14H2,1-8H3. The maximum Gasteiger partial charge on any atom is 0.113 e. The third-order valence-corrected chi connectivity index (χ3v) is 10.9. The average molecular weight is 373 g/mol. The highest BCUT2D eigenvalue weighted by molar-refractivity contribution is 7.09. The molecule has 0 heterocycles. The van der Waals surface area contributed by atoms with Gasteiger partial charge < -0.3 is 0 Å². The zero-order chi connectivity index (χ0) is 19.7. The van der Waals surface area contributed by atoms with Crippen molar-refractivity contribution >= 4 is 18.5 Å². The summed E-state index contributed by atoms with van der Waals surface area (Å²) in [4.78, 5) is 0. The van der Waals surface area contributed by atoms with Crippen molar-refractivity contribution in [3.05, 3.63) is 79.9 Å². The number of rotatable bonds is 2. The van der Waals surface area contributed by atoms with Gasteiger partial charge in [0.2, 0.25) is 0 Å². The first-order valence-corrected chi connectivity index (χ1v) is 13.2. The van der Waals surface area contributed by atoms with E-state index in [0.717, 1.165) is 12.8 Å². The topological polar surface area (TPSA) is 0 Å². The molecule has 2 aliphatic rings. The van der Waals surface area contributed by atoms with Gasteiger partial charge in [-0.2, -0.15) is 0 Å². The molecule has 0 atom stereocenters. The Morgan fingerprint density at radius 2 is 0.889 bits per heavy atom. The molecule has 0 saturated heterocycles. The number of hydrogen-bond acceptors (Lipinski definition) is 0. The molecule has 0 nitrogen and oxygen atoms in total. The minimum atomic E-state index is -1.82. The van der Waals surface area contributed by atoms with E-state index in [1.807, 2.05) is 0 Å². The maximum absolute atomic E-state index is 2.60. The molecule has 0 unspecified atom stereocenters. The Bertz CT molecular complexity index is 961. The van der Waals surface area contributed by atoms with E-state index < -0.39 is 8.07 Å². The SMILES string of the molecule is CC1=C([Si](C)(C)C2=C(C)Cc3c(C)ccc(C)c32)c2c(C)ccc(C)c2C1. The summed E-state index contributed by atoms with van der Waals surface area (Å²) in [5.41, 5.74) is 15.4. The van der Waals surface area contributed by atoms with Gasteiger partial charge in [-0.05, 0) is 109 Å². The van der Waals surface area contributed by atoms with Crippen molar-refractivity contribution in [1.29, 1.82) is 0 Å². The Balaban J connectivity index is 1.96. The number of allylic oxidation sites excluding steroid dienone is 2. The Kier molecular flexibility index (Phi) is 4.16. The lowest BCUT2D eigenvalue weighted by molar-refractivity contribution is 1.15. The zero-order valence-corrected chi connectivity index (χ0v) is 19.2. The quantitative estimate of drug-likeness (QED) is 0.495. The molecule has 0 fully saturated rings. The van der Waals surface area contributed by atoms with Gasteiger partial charge in [0.1, 0.15) is 8.07 Å². The van der Waals surface area contributed by atoms with Gasteiger partial charge >= 0.3 is 0 Å². The van der Waals surface area contributed by atoms with Gasteiger partial charge in [-0.15, -0.1) is 0 Å². The highest BCUT2D eigenvalue weighted by Crippen LogP contribution is 2.50. The molecule has 0 aromatic heterocycles. The molecule has 2 aromatic rings. The van der Waals surface area contributed by atoms with Crippen LogP contribution in [0, 0.1) is 27.7 Å². The largest absolute Gasteiger partial charge is 0.113 e. The molecule has 140 valence electrons. The summed E-state index contributed by atoms with van der Waals surface area (Å²) in [5.74, 6) is 0.